The number of halogens is 1. The number of unbranched alkanes of at least 4 members (excludes halogenated alkanes) is 3. The molecule has 0 amide bonds. The van der Waals surface area contributed by atoms with Crippen molar-refractivity contribution in [2.24, 2.45) is 0 Å². The fourth-order valence-electron chi connectivity index (χ4n) is 1.88. The maximum Gasteiger partial charge on any atom is 0.151 e. The van der Waals surface area contributed by atoms with Crippen molar-refractivity contribution in [3.8, 4) is 0 Å². The summed E-state index contributed by atoms with van der Waals surface area (Å²) in [5.41, 5.74) is 0. The van der Waals surface area contributed by atoms with Crippen molar-refractivity contribution in [1.82, 2.24) is 0 Å². The molecule has 0 unspecified atom stereocenters. The van der Waals surface area contributed by atoms with E-state index in [1.807, 2.05) is 0 Å². The third-order valence-corrected chi connectivity index (χ3v) is 4.14. The summed E-state index contributed by atoms with van der Waals surface area (Å²) in [6, 6.07) is 0. The Kier molecular flexibility index (Phi) is 15.9. The molecule has 3 atom stereocenters. The molecule has 0 radical (unpaired) electrons. The van der Waals surface area contributed by atoms with Crippen LogP contribution in [0.15, 0.2) is 0 Å². The molecule has 0 spiro atoms. The van der Waals surface area contributed by atoms with Crippen molar-refractivity contribution in [3.63, 3.8) is 0 Å². The Hall–Kier alpha value is 0.0300. The summed E-state index contributed by atoms with van der Waals surface area (Å²) in [6.45, 7) is 8.84. The van der Waals surface area contributed by atoms with E-state index in [0.29, 0.717) is 19.8 Å². The molecule has 0 aliphatic rings. The first-order valence-corrected chi connectivity index (χ1v) is 9.53. The average molecular weight is 381 g/mol. The first-order valence-electron chi connectivity index (χ1n) is 8.61. The second-order valence-electron chi connectivity index (χ2n) is 5.46. The van der Waals surface area contributed by atoms with Gasteiger partial charge in [-0.3, -0.25) is 0 Å². The van der Waals surface area contributed by atoms with Gasteiger partial charge in [0.15, 0.2) is 6.29 Å². The van der Waals surface area contributed by atoms with Crippen LogP contribution in [0.2, 0.25) is 0 Å². The summed E-state index contributed by atoms with van der Waals surface area (Å²) in [5, 5.41) is 0. The van der Waals surface area contributed by atoms with Gasteiger partial charge in [0, 0.05) is 19.8 Å². The Balaban J connectivity index is 4.43. The van der Waals surface area contributed by atoms with Crippen LogP contribution in [0, 0.1) is 0 Å². The lowest BCUT2D eigenvalue weighted by molar-refractivity contribution is -0.131. The van der Waals surface area contributed by atoms with E-state index >= 15 is 0 Å². The van der Waals surface area contributed by atoms with Crippen molar-refractivity contribution < 1.29 is 19.0 Å². The maximum absolute atomic E-state index is 11.4. The molecule has 22 heavy (non-hydrogen) atoms. The molecule has 0 heterocycles. The Bertz CT molecular complexity index is 251. The molecule has 0 aromatic rings. The van der Waals surface area contributed by atoms with Gasteiger partial charge >= 0.3 is 0 Å². The lowest BCUT2D eigenvalue weighted by atomic mass is 10.1. The molecule has 0 saturated carbocycles. The zero-order chi connectivity index (χ0) is 16.6. The molecule has 132 valence electrons. The molecule has 0 rings (SSSR count). The van der Waals surface area contributed by atoms with Crippen LogP contribution in [0.4, 0.5) is 0 Å². The average Bonchev–Trinajstić information content (AvgIpc) is 2.53. The van der Waals surface area contributed by atoms with Crippen molar-refractivity contribution in [1.29, 1.82) is 0 Å². The van der Waals surface area contributed by atoms with Crippen LogP contribution in [-0.2, 0) is 19.0 Å². The summed E-state index contributed by atoms with van der Waals surface area (Å²) in [5.74, 6) is 0. The van der Waals surface area contributed by atoms with E-state index in [9.17, 15) is 4.79 Å². The molecule has 4 nitrogen and oxygen atoms in total. The number of rotatable bonds is 16. The van der Waals surface area contributed by atoms with E-state index < -0.39 is 6.10 Å². The summed E-state index contributed by atoms with van der Waals surface area (Å²) >= 11 is 3.61. The van der Waals surface area contributed by atoms with Crippen LogP contribution in [0.1, 0.15) is 59.3 Å². The molecule has 0 aromatic heterocycles. The zero-order valence-electron chi connectivity index (χ0n) is 14.4. The number of carbonyl (C=O) groups is 1. The largest absolute Gasteiger partial charge is 0.380 e. The number of hydrogen-bond acceptors (Lipinski definition) is 4. The second kappa shape index (κ2) is 15.9. The lowest BCUT2D eigenvalue weighted by Crippen LogP contribution is -2.42. The van der Waals surface area contributed by atoms with Gasteiger partial charge in [-0.25, -0.2) is 0 Å². The molecule has 0 N–H and O–H groups in total. The van der Waals surface area contributed by atoms with Gasteiger partial charge in [-0.2, -0.15) is 0 Å². The highest BCUT2D eigenvalue weighted by molar-refractivity contribution is 9.09. The zero-order valence-corrected chi connectivity index (χ0v) is 16.0. The summed E-state index contributed by atoms with van der Waals surface area (Å²) in [7, 11) is 0. The Morgan fingerprint density at radius 1 is 0.909 bits per heavy atom. The molecule has 0 aliphatic heterocycles. The van der Waals surface area contributed by atoms with Crippen LogP contribution >= 0.6 is 15.9 Å². The van der Waals surface area contributed by atoms with Crippen molar-refractivity contribution in [2.75, 3.05) is 26.4 Å². The van der Waals surface area contributed by atoms with Gasteiger partial charge in [0.2, 0.25) is 0 Å². The van der Waals surface area contributed by atoms with Crippen molar-refractivity contribution >= 4 is 22.2 Å². The van der Waals surface area contributed by atoms with E-state index in [1.165, 1.54) is 0 Å². The third kappa shape index (κ3) is 10.7. The SMILES string of the molecule is CCCCOC[C@H](Br)[C@@H](OCCCC)[C@H](C=O)OCCCC. The number of ether oxygens (including phenoxy) is 3. The minimum atomic E-state index is -0.539. The Morgan fingerprint density at radius 3 is 2.00 bits per heavy atom. The van der Waals surface area contributed by atoms with Gasteiger partial charge in [0.25, 0.3) is 0 Å². The highest BCUT2D eigenvalue weighted by Gasteiger charge is 2.29. The van der Waals surface area contributed by atoms with Crippen molar-refractivity contribution in [3.05, 3.63) is 0 Å². The number of alkyl halides is 1. The summed E-state index contributed by atoms with van der Waals surface area (Å²) < 4.78 is 17.2. The Morgan fingerprint density at radius 2 is 1.45 bits per heavy atom. The van der Waals surface area contributed by atoms with Gasteiger partial charge in [0.05, 0.1) is 11.4 Å². The fourth-order valence-corrected chi connectivity index (χ4v) is 2.52. The molecular weight excluding hydrogens is 348 g/mol. The van der Waals surface area contributed by atoms with E-state index in [2.05, 4.69) is 36.7 Å². The molecule has 0 fully saturated rings. The van der Waals surface area contributed by atoms with Gasteiger partial charge in [-0.05, 0) is 19.3 Å². The van der Waals surface area contributed by atoms with Crippen LogP contribution in [0.25, 0.3) is 0 Å². The number of carbonyl (C=O) groups excluding carboxylic acids is 1. The summed E-state index contributed by atoms with van der Waals surface area (Å²) in [4.78, 5) is 11.3. The minimum absolute atomic E-state index is 0.0435. The number of hydrogen-bond donors (Lipinski definition) is 0. The monoisotopic (exact) mass is 380 g/mol. The lowest BCUT2D eigenvalue weighted by Gasteiger charge is -2.28. The first-order chi connectivity index (χ1) is 10.7. The fraction of sp³-hybridized carbons (Fsp3) is 0.941. The van der Waals surface area contributed by atoms with Crippen LogP contribution in [0.3, 0.4) is 0 Å². The van der Waals surface area contributed by atoms with Gasteiger partial charge < -0.3 is 19.0 Å². The number of aldehydes is 1. The molecule has 0 aromatic carbocycles. The summed E-state index contributed by atoms with van der Waals surface area (Å²) in [6.07, 6.45) is 6.21. The van der Waals surface area contributed by atoms with Crippen molar-refractivity contribution in [2.45, 2.75) is 76.3 Å². The highest BCUT2D eigenvalue weighted by Crippen LogP contribution is 2.17. The molecule has 0 aliphatic carbocycles. The van der Waals surface area contributed by atoms with Gasteiger partial charge in [0.1, 0.15) is 12.2 Å². The van der Waals surface area contributed by atoms with Crippen LogP contribution in [-0.4, -0.2) is 49.7 Å². The van der Waals surface area contributed by atoms with E-state index in [4.69, 9.17) is 14.2 Å². The topological polar surface area (TPSA) is 44.8 Å². The normalized spacial score (nSPS) is 15.5. The molecule has 0 saturated heterocycles. The van der Waals surface area contributed by atoms with Crippen LogP contribution in [0.5, 0.6) is 0 Å². The van der Waals surface area contributed by atoms with Gasteiger partial charge in [-0.1, -0.05) is 56.0 Å². The highest BCUT2D eigenvalue weighted by atomic mass is 79.9. The smallest absolute Gasteiger partial charge is 0.151 e. The molecular formula is C17H33BrO4. The second-order valence-corrected chi connectivity index (χ2v) is 6.63. The third-order valence-electron chi connectivity index (χ3n) is 3.35. The predicted octanol–water partition coefficient (Wildman–Crippen LogP) is 4.14. The Labute approximate surface area is 144 Å². The first kappa shape index (κ1) is 22.0. The van der Waals surface area contributed by atoms with Crippen LogP contribution < -0.4 is 0 Å². The maximum atomic E-state index is 11.4. The van der Waals surface area contributed by atoms with E-state index in [0.717, 1.165) is 51.4 Å². The van der Waals surface area contributed by atoms with E-state index in [1.54, 1.807) is 0 Å². The minimum Gasteiger partial charge on any atom is -0.380 e. The van der Waals surface area contributed by atoms with E-state index in [-0.39, 0.29) is 10.9 Å². The quantitative estimate of drug-likeness (QED) is 0.229. The standard InChI is InChI=1S/C17H33BrO4/c1-4-7-10-20-14-15(18)17(22-12-9-6-3)16(13-19)21-11-8-5-2/h13,15-17H,4-12,14H2,1-3H3/t15-,16-,17+/m0/s1. The molecule has 0 bridgehead atoms. The van der Waals surface area contributed by atoms with Gasteiger partial charge in [-0.15, -0.1) is 0 Å². The predicted molar refractivity (Wildman–Crippen MR) is 93.8 cm³/mol. The molecule has 5 heteroatoms.